The van der Waals surface area contributed by atoms with Crippen LogP contribution in [0.3, 0.4) is 0 Å². The molecule has 0 fully saturated rings. The van der Waals surface area contributed by atoms with Gasteiger partial charge in [-0.15, -0.1) is 0 Å². The molecule has 1 aromatic carbocycles. The van der Waals surface area contributed by atoms with E-state index in [1.54, 1.807) is 6.20 Å². The minimum atomic E-state index is -0.0901. The highest BCUT2D eigenvalue weighted by Crippen LogP contribution is 2.17. The Bertz CT molecular complexity index is 604. The van der Waals surface area contributed by atoms with E-state index in [-0.39, 0.29) is 5.91 Å². The largest absolute Gasteiger partial charge is 0.385 e. The van der Waals surface area contributed by atoms with Crippen LogP contribution < -0.4 is 10.6 Å². The van der Waals surface area contributed by atoms with Gasteiger partial charge in [0.15, 0.2) is 0 Å². The van der Waals surface area contributed by atoms with Crippen LogP contribution in [0.1, 0.15) is 28.7 Å². The third kappa shape index (κ3) is 3.17. The van der Waals surface area contributed by atoms with Crippen LogP contribution in [0.25, 0.3) is 0 Å². The maximum atomic E-state index is 12.3. The highest BCUT2D eigenvalue weighted by molar-refractivity contribution is 5.99. The molecule has 2 rings (SSSR count). The molecule has 2 aromatic rings. The Morgan fingerprint density at radius 3 is 2.85 bits per heavy atom. The molecule has 106 valence electrons. The average Bonchev–Trinajstić information content (AvgIpc) is 2.84. The molecule has 0 saturated carbocycles. The second-order valence-electron chi connectivity index (χ2n) is 4.72. The summed E-state index contributed by atoms with van der Waals surface area (Å²) in [6.07, 6.45) is 3.58. The zero-order valence-corrected chi connectivity index (χ0v) is 12.1. The number of carbonyl (C=O) groups excluding carboxylic acids is 1. The van der Waals surface area contributed by atoms with E-state index in [9.17, 15) is 4.79 Å². The monoisotopic (exact) mass is 272 g/mol. The molecule has 2 N–H and O–H groups in total. The highest BCUT2D eigenvalue weighted by Gasteiger charge is 2.12. The van der Waals surface area contributed by atoms with Gasteiger partial charge in [-0.25, -0.2) is 4.98 Å². The Hall–Kier alpha value is -2.30. The maximum absolute atomic E-state index is 12.3. The lowest BCUT2D eigenvalue weighted by molar-refractivity contribution is 0.0950. The summed E-state index contributed by atoms with van der Waals surface area (Å²) in [5.41, 5.74) is 2.59. The molecule has 1 amide bonds. The first-order chi connectivity index (χ1) is 9.61. The molecule has 1 heterocycles. The Morgan fingerprint density at radius 2 is 2.20 bits per heavy atom. The molecule has 0 radical (unpaired) electrons. The maximum Gasteiger partial charge on any atom is 0.253 e. The van der Waals surface area contributed by atoms with Crippen molar-refractivity contribution in [2.75, 3.05) is 11.9 Å². The van der Waals surface area contributed by atoms with Crippen molar-refractivity contribution < 1.29 is 4.79 Å². The summed E-state index contributed by atoms with van der Waals surface area (Å²) in [4.78, 5) is 16.5. The molecular weight excluding hydrogens is 252 g/mol. The number of carbonyl (C=O) groups is 1. The van der Waals surface area contributed by atoms with Gasteiger partial charge in [-0.3, -0.25) is 4.79 Å². The number of amides is 1. The number of benzene rings is 1. The second-order valence-corrected chi connectivity index (χ2v) is 4.72. The summed E-state index contributed by atoms with van der Waals surface area (Å²) in [7, 11) is 1.91. The lowest BCUT2D eigenvalue weighted by Crippen LogP contribution is -2.25. The molecule has 0 atom stereocenters. The van der Waals surface area contributed by atoms with E-state index in [1.807, 2.05) is 49.9 Å². The average molecular weight is 272 g/mol. The minimum Gasteiger partial charge on any atom is -0.385 e. The zero-order valence-electron chi connectivity index (χ0n) is 12.1. The summed E-state index contributed by atoms with van der Waals surface area (Å²) >= 11 is 0. The topological polar surface area (TPSA) is 59.0 Å². The van der Waals surface area contributed by atoms with Crippen molar-refractivity contribution in [1.82, 2.24) is 14.9 Å². The van der Waals surface area contributed by atoms with Gasteiger partial charge in [0.1, 0.15) is 5.82 Å². The van der Waals surface area contributed by atoms with Crippen molar-refractivity contribution in [2.45, 2.75) is 20.4 Å². The second kappa shape index (κ2) is 6.23. The van der Waals surface area contributed by atoms with Gasteiger partial charge >= 0.3 is 0 Å². The minimum absolute atomic E-state index is 0.0901. The lowest BCUT2D eigenvalue weighted by atomic mass is 10.1. The van der Waals surface area contributed by atoms with E-state index < -0.39 is 0 Å². The van der Waals surface area contributed by atoms with Crippen molar-refractivity contribution in [1.29, 1.82) is 0 Å². The van der Waals surface area contributed by atoms with Crippen molar-refractivity contribution in [2.24, 2.45) is 7.05 Å². The Morgan fingerprint density at radius 1 is 1.40 bits per heavy atom. The van der Waals surface area contributed by atoms with E-state index in [1.165, 1.54) is 0 Å². The predicted molar refractivity (Wildman–Crippen MR) is 79.7 cm³/mol. The summed E-state index contributed by atoms with van der Waals surface area (Å²) < 4.78 is 1.89. The third-order valence-corrected chi connectivity index (χ3v) is 3.11. The molecule has 0 aliphatic rings. The molecule has 0 unspecified atom stereocenters. The fourth-order valence-corrected chi connectivity index (χ4v) is 2.01. The summed E-state index contributed by atoms with van der Waals surface area (Å²) in [5.74, 6) is 0.739. The lowest BCUT2D eigenvalue weighted by Gasteiger charge is -2.12. The van der Waals surface area contributed by atoms with E-state index in [0.717, 1.165) is 23.6 Å². The van der Waals surface area contributed by atoms with Gasteiger partial charge in [0.2, 0.25) is 0 Å². The van der Waals surface area contributed by atoms with Crippen LogP contribution in [0, 0.1) is 6.92 Å². The van der Waals surface area contributed by atoms with E-state index in [4.69, 9.17) is 0 Å². The van der Waals surface area contributed by atoms with Crippen molar-refractivity contribution >= 4 is 11.6 Å². The van der Waals surface area contributed by atoms with Crippen LogP contribution in [0.5, 0.6) is 0 Å². The molecule has 0 bridgehead atoms. The Labute approximate surface area is 119 Å². The SMILES string of the molecule is CCNc1ccc(C)cc1C(=O)NCc1nccn1C. The number of hydrogen-bond acceptors (Lipinski definition) is 3. The van der Waals surface area contributed by atoms with E-state index >= 15 is 0 Å². The van der Waals surface area contributed by atoms with E-state index in [0.29, 0.717) is 12.1 Å². The van der Waals surface area contributed by atoms with Gasteiger partial charge in [-0.1, -0.05) is 11.6 Å². The number of anilines is 1. The standard InChI is InChI=1S/C15H20N4O/c1-4-16-13-6-5-11(2)9-12(13)15(20)18-10-14-17-7-8-19(14)3/h5-9,16H,4,10H2,1-3H3,(H,18,20). The zero-order chi connectivity index (χ0) is 14.5. The predicted octanol–water partition coefficient (Wildman–Crippen LogP) is 2.09. The van der Waals surface area contributed by atoms with Crippen molar-refractivity contribution in [3.05, 3.63) is 47.5 Å². The van der Waals surface area contributed by atoms with Crippen LogP contribution in [0.2, 0.25) is 0 Å². The van der Waals surface area contributed by atoms with Gasteiger partial charge in [0.25, 0.3) is 5.91 Å². The summed E-state index contributed by atoms with van der Waals surface area (Å²) in [6, 6.07) is 5.83. The van der Waals surface area contributed by atoms with Gasteiger partial charge < -0.3 is 15.2 Å². The molecule has 5 heteroatoms. The van der Waals surface area contributed by atoms with E-state index in [2.05, 4.69) is 15.6 Å². The number of nitrogens with zero attached hydrogens (tertiary/aromatic N) is 2. The molecule has 0 aliphatic carbocycles. The van der Waals surface area contributed by atoms with Gasteiger partial charge in [0.05, 0.1) is 12.1 Å². The quantitative estimate of drug-likeness (QED) is 0.876. The molecule has 5 nitrogen and oxygen atoms in total. The number of imidazole rings is 1. The summed E-state index contributed by atoms with van der Waals surface area (Å²) in [5, 5.41) is 6.11. The first kappa shape index (κ1) is 14.1. The molecule has 20 heavy (non-hydrogen) atoms. The number of aromatic nitrogens is 2. The molecule has 0 aliphatic heterocycles. The Balaban J connectivity index is 2.12. The number of nitrogens with one attached hydrogen (secondary N) is 2. The van der Waals surface area contributed by atoms with Crippen LogP contribution in [0.15, 0.2) is 30.6 Å². The highest BCUT2D eigenvalue weighted by atomic mass is 16.1. The van der Waals surface area contributed by atoms with Gasteiger partial charge in [-0.2, -0.15) is 0 Å². The van der Waals surface area contributed by atoms with Gasteiger partial charge in [0, 0.05) is 31.7 Å². The molecule has 0 saturated heterocycles. The molecule has 1 aromatic heterocycles. The molecular formula is C15H20N4O. The fraction of sp³-hybridized carbons (Fsp3) is 0.333. The molecule has 0 spiro atoms. The van der Waals surface area contributed by atoms with Crippen molar-refractivity contribution in [3.63, 3.8) is 0 Å². The van der Waals surface area contributed by atoms with Crippen LogP contribution >= 0.6 is 0 Å². The van der Waals surface area contributed by atoms with Crippen molar-refractivity contribution in [3.8, 4) is 0 Å². The van der Waals surface area contributed by atoms with Gasteiger partial charge in [-0.05, 0) is 26.0 Å². The first-order valence-electron chi connectivity index (χ1n) is 6.70. The van der Waals surface area contributed by atoms with Crippen LogP contribution in [-0.4, -0.2) is 22.0 Å². The third-order valence-electron chi connectivity index (χ3n) is 3.11. The van der Waals surface area contributed by atoms with Crippen LogP contribution in [-0.2, 0) is 13.6 Å². The fourth-order valence-electron chi connectivity index (χ4n) is 2.01. The number of aryl methyl sites for hydroxylation is 2. The normalized spacial score (nSPS) is 10.3. The smallest absolute Gasteiger partial charge is 0.253 e. The first-order valence-corrected chi connectivity index (χ1v) is 6.70. The van der Waals surface area contributed by atoms with Crippen LogP contribution in [0.4, 0.5) is 5.69 Å². The summed E-state index contributed by atoms with van der Waals surface area (Å²) in [6.45, 7) is 5.19. The number of rotatable bonds is 5. The Kier molecular flexibility index (Phi) is 4.40. The number of hydrogen-bond donors (Lipinski definition) is 2.